The molecule has 216 valence electrons. The Balaban J connectivity index is 0.000000171. The Kier molecular flexibility index (Phi) is 11.8. The van der Waals surface area contributed by atoms with E-state index in [1.54, 1.807) is 0 Å². The van der Waals surface area contributed by atoms with E-state index in [2.05, 4.69) is 129 Å². The summed E-state index contributed by atoms with van der Waals surface area (Å²) in [4.78, 5) is 0. The Morgan fingerprint density at radius 2 is 1.16 bits per heavy atom. The first-order valence-corrected chi connectivity index (χ1v) is 15.6. The van der Waals surface area contributed by atoms with Crippen LogP contribution in [0.3, 0.4) is 0 Å². The second-order valence-corrected chi connectivity index (χ2v) is 12.0. The third-order valence-corrected chi connectivity index (χ3v) is 9.26. The van der Waals surface area contributed by atoms with Crippen LogP contribution in [0, 0.1) is 19.9 Å². The predicted octanol–water partition coefficient (Wildman–Crippen LogP) is 4.20. The van der Waals surface area contributed by atoms with Crippen molar-refractivity contribution in [3.05, 3.63) is 185 Å². The quantitative estimate of drug-likeness (QED) is 0.189. The van der Waals surface area contributed by atoms with Gasteiger partial charge in [-0.15, -0.1) is 40.6 Å². The minimum atomic E-state index is 0. The van der Waals surface area contributed by atoms with Gasteiger partial charge in [-0.05, 0) is 28.5 Å². The summed E-state index contributed by atoms with van der Waals surface area (Å²) in [6.45, 7) is 4.25. The molecule has 0 spiro atoms. The van der Waals surface area contributed by atoms with Gasteiger partial charge in [-0.1, -0.05) is 53.9 Å². The van der Waals surface area contributed by atoms with E-state index >= 15 is 0 Å². The van der Waals surface area contributed by atoms with Crippen LogP contribution in [0.2, 0.25) is 0 Å². The van der Waals surface area contributed by atoms with Crippen molar-refractivity contribution >= 4 is 24.8 Å². The number of aryl methyl sites for hydroxylation is 2. The summed E-state index contributed by atoms with van der Waals surface area (Å²) in [5.41, 5.74) is 11.0. The number of rotatable bonds is 2. The Morgan fingerprint density at radius 1 is 0.614 bits per heavy atom. The van der Waals surface area contributed by atoms with E-state index in [0.29, 0.717) is 0 Å². The van der Waals surface area contributed by atoms with Gasteiger partial charge < -0.3 is 24.8 Å². The van der Waals surface area contributed by atoms with Crippen LogP contribution in [-0.2, 0) is 30.7 Å². The standard InChI is InChI=1S/C21H13.C15H14.C5H5.2ClH.Zr/c1-2-8-15-14(7-1)13-20-18-11-4-3-9-16(18)17-10-5-6-12-19(17)21(15)20;1-12-3-7-14(8-4-12)11-15-9-5-13(2)6-10-15;1-2-4-5-3-1;;;/h1-10,12H,13H2;3-10H,1-2H3;1-5H;2*1H;/q-1;;-1;;;+2/p-2. The molecule has 0 amide bonds. The molecule has 0 aromatic heterocycles. The van der Waals surface area contributed by atoms with E-state index in [4.69, 9.17) is 0 Å². The third kappa shape index (κ3) is 7.25. The molecule has 0 saturated carbocycles. The Morgan fingerprint density at radius 3 is 1.75 bits per heavy atom. The summed E-state index contributed by atoms with van der Waals surface area (Å²) in [7, 11) is 0. The minimum absolute atomic E-state index is 0. The molecule has 3 heteroatoms. The summed E-state index contributed by atoms with van der Waals surface area (Å²) < 4.78 is 1.42. The molecule has 0 N–H and O–H groups in total. The normalized spacial score (nSPS) is 10.6. The van der Waals surface area contributed by atoms with E-state index in [9.17, 15) is 0 Å². The van der Waals surface area contributed by atoms with Gasteiger partial charge in [0.25, 0.3) is 0 Å². The van der Waals surface area contributed by atoms with Gasteiger partial charge in [0.05, 0.1) is 0 Å². The summed E-state index contributed by atoms with van der Waals surface area (Å²) in [6, 6.07) is 54.9. The molecule has 0 nitrogen and oxygen atoms in total. The molecule has 44 heavy (non-hydrogen) atoms. The molecule has 7 aromatic rings. The molecule has 0 radical (unpaired) electrons. The van der Waals surface area contributed by atoms with Crippen molar-refractivity contribution in [3.8, 4) is 11.1 Å². The van der Waals surface area contributed by atoms with Crippen molar-refractivity contribution < 1.29 is 49.0 Å². The number of hydrogen-bond acceptors (Lipinski definition) is 0. The fourth-order valence-electron chi connectivity index (χ4n) is 5.66. The van der Waals surface area contributed by atoms with Gasteiger partial charge in [-0.2, -0.15) is 18.2 Å². The zero-order chi connectivity index (χ0) is 28.9. The van der Waals surface area contributed by atoms with Gasteiger partial charge in [0.15, 0.2) is 0 Å². The number of fused-ring (bicyclic) bond motifs is 8. The van der Waals surface area contributed by atoms with Gasteiger partial charge in [0.1, 0.15) is 0 Å². The Bertz CT molecular complexity index is 1900. The summed E-state index contributed by atoms with van der Waals surface area (Å²) >= 11 is 1.46. The summed E-state index contributed by atoms with van der Waals surface area (Å²) in [5, 5.41) is 5.30. The van der Waals surface area contributed by atoms with Crippen molar-refractivity contribution in [2.24, 2.45) is 0 Å². The first kappa shape index (κ1) is 33.4. The maximum absolute atomic E-state index is 3.48. The first-order valence-electron chi connectivity index (χ1n) is 14.4. The van der Waals surface area contributed by atoms with Gasteiger partial charge >= 0.3 is 112 Å². The molecule has 0 heterocycles. The summed E-state index contributed by atoms with van der Waals surface area (Å²) in [6.07, 6.45) is 1.02. The predicted molar refractivity (Wildman–Crippen MR) is 176 cm³/mol. The van der Waals surface area contributed by atoms with Crippen LogP contribution in [-0.4, -0.2) is 3.21 Å². The van der Waals surface area contributed by atoms with Crippen LogP contribution in [0.15, 0.2) is 146 Å². The van der Waals surface area contributed by atoms with Gasteiger partial charge in [0, 0.05) is 0 Å². The molecule has 7 aromatic carbocycles. The van der Waals surface area contributed by atoms with Crippen LogP contribution in [0.1, 0.15) is 33.4 Å². The van der Waals surface area contributed by atoms with Gasteiger partial charge in [0.2, 0.25) is 0 Å². The second kappa shape index (κ2) is 15.5. The van der Waals surface area contributed by atoms with E-state index in [1.807, 2.05) is 36.4 Å². The maximum atomic E-state index is 3.48. The fourth-order valence-corrected chi connectivity index (χ4v) is 6.47. The third-order valence-electron chi connectivity index (χ3n) is 7.84. The molecule has 0 atom stereocenters. The van der Waals surface area contributed by atoms with Crippen LogP contribution in [0.4, 0.5) is 0 Å². The molecule has 0 saturated heterocycles. The molecule has 0 bridgehead atoms. The Hall–Kier alpha value is -3.48. The van der Waals surface area contributed by atoms with Crippen molar-refractivity contribution in [3.63, 3.8) is 0 Å². The van der Waals surface area contributed by atoms with E-state index < -0.39 is 0 Å². The minimum Gasteiger partial charge on any atom is -1.00 e. The van der Waals surface area contributed by atoms with Crippen LogP contribution in [0.5, 0.6) is 0 Å². The fraction of sp³-hybridized carbons (Fsp3) is 0.0732. The molecule has 0 aliphatic heterocycles. The van der Waals surface area contributed by atoms with Crippen LogP contribution >= 0.6 is 0 Å². The number of hydrogen-bond donors (Lipinski definition) is 0. The van der Waals surface area contributed by atoms with Gasteiger partial charge in [-0.3, -0.25) is 0 Å². The average molecular weight is 687 g/mol. The SMILES string of the molecule is Cc1ccc([C](=[Zr+2])c2ccc(C)cc2)cc1.[Cl-].[Cl-].[c-]1cccc2c1c1c(c3ccccc32)-c2ccccc2C1.c1cc[cH-]c1. The average Bonchev–Trinajstić information content (AvgIpc) is 3.75. The topological polar surface area (TPSA) is 0 Å². The largest absolute Gasteiger partial charge is 1.00 e. The second-order valence-electron chi connectivity index (χ2n) is 10.8. The zero-order valence-corrected chi connectivity index (χ0v) is 28.8. The van der Waals surface area contributed by atoms with Crippen molar-refractivity contribution in [1.29, 1.82) is 0 Å². The van der Waals surface area contributed by atoms with Crippen molar-refractivity contribution in [2.75, 3.05) is 0 Å². The number of halogens is 2. The molecule has 0 unspecified atom stereocenters. The van der Waals surface area contributed by atoms with Crippen LogP contribution in [0.25, 0.3) is 32.7 Å². The maximum Gasteiger partial charge on any atom is -0.0240 e. The van der Waals surface area contributed by atoms with E-state index in [-0.39, 0.29) is 24.8 Å². The van der Waals surface area contributed by atoms with Crippen LogP contribution < -0.4 is 24.8 Å². The van der Waals surface area contributed by atoms with E-state index in [1.165, 1.54) is 93.5 Å². The monoisotopic (exact) mass is 684 g/mol. The summed E-state index contributed by atoms with van der Waals surface area (Å²) in [5.74, 6) is 0. The zero-order valence-electron chi connectivity index (χ0n) is 24.8. The molecule has 0 fully saturated rings. The first-order chi connectivity index (χ1) is 20.6. The molecule has 1 aliphatic carbocycles. The van der Waals surface area contributed by atoms with Crippen molar-refractivity contribution in [2.45, 2.75) is 20.3 Å². The smallest absolute Gasteiger partial charge is 0.0240 e. The van der Waals surface area contributed by atoms with Gasteiger partial charge in [-0.25, -0.2) is 12.1 Å². The molecule has 1 aliphatic rings. The van der Waals surface area contributed by atoms with E-state index in [0.717, 1.165) is 6.42 Å². The molecule has 8 rings (SSSR count). The van der Waals surface area contributed by atoms with Crippen molar-refractivity contribution in [1.82, 2.24) is 0 Å². The molecular formula is C41H32Cl2Zr-2. The Labute approximate surface area is 288 Å². The molecular weight excluding hydrogens is 655 g/mol. The number of benzene rings is 6.